The first-order valence-corrected chi connectivity index (χ1v) is 20.7. The van der Waals surface area contributed by atoms with Crippen LogP contribution in [0.3, 0.4) is 0 Å². The Bertz CT molecular complexity index is 2080. The zero-order valence-electron chi connectivity index (χ0n) is 32.3. The molecule has 0 spiro atoms. The fraction of sp³-hybridized carbons (Fsp3) is 0.459. The minimum Gasteiger partial charge on any atom is -0.481 e. The molecule has 1 unspecified atom stereocenters. The van der Waals surface area contributed by atoms with Crippen molar-refractivity contribution in [2.75, 3.05) is 38.8 Å². The summed E-state index contributed by atoms with van der Waals surface area (Å²) in [5.41, 5.74) is 2.44. The highest BCUT2D eigenvalue weighted by Gasteiger charge is 2.46. The highest BCUT2D eigenvalue weighted by Crippen LogP contribution is 2.51. The molecule has 0 saturated carbocycles. The Kier molecular flexibility index (Phi) is 15.7. The summed E-state index contributed by atoms with van der Waals surface area (Å²) < 4.78 is 81.7. The van der Waals surface area contributed by atoms with Crippen molar-refractivity contribution < 1.29 is 79.8 Å². The van der Waals surface area contributed by atoms with Crippen molar-refractivity contribution in [1.82, 2.24) is 0 Å². The lowest BCUT2D eigenvalue weighted by atomic mass is 9.77. The SMILES string of the molecule is C=COOOOOOCC[N+]1=C(C=CC=C2N(CCCCCC(=O)O)c3ccc(S(=O)(=O)O)cc3C2(C)CCC(OC)OC)C(C)(C)c2cc(S(=O)(=O)O)ccc21. The van der Waals surface area contributed by atoms with Crippen LogP contribution < -0.4 is 4.90 Å². The summed E-state index contributed by atoms with van der Waals surface area (Å²) in [6.45, 7) is 9.53. The van der Waals surface area contributed by atoms with E-state index in [0.29, 0.717) is 61.2 Å². The Morgan fingerprint density at radius 2 is 1.56 bits per heavy atom. The first-order chi connectivity index (χ1) is 26.9. The average molecular weight is 842 g/mol. The summed E-state index contributed by atoms with van der Waals surface area (Å²) in [7, 11) is -6.04. The predicted molar refractivity (Wildman–Crippen MR) is 202 cm³/mol. The summed E-state index contributed by atoms with van der Waals surface area (Å²) in [5, 5.41) is 26.1. The maximum Gasteiger partial charge on any atom is 0.303 e. The Labute approximate surface area is 331 Å². The standard InChI is InChI=1S/C37H48N2O16S2/c1-7-50-52-54-55-53-51-23-22-39-30-17-15-26(56(42,43)44)24-28(30)36(2,3)32(39)12-11-13-33-37(4,20-19-35(48-5)49-6)29-25-27(57(45,46)47)16-18-31(29)38(33)21-10-8-9-14-34(40)41/h7,11-13,15-18,24-25,35H,1,8-10,14,19-23H2,2-6H3,(H2-,40,41,42,43,44,45,46,47)/p+1. The average Bonchev–Trinajstić information content (AvgIpc) is 3.51. The number of ether oxygens (including phenoxy) is 2. The van der Waals surface area contributed by atoms with Gasteiger partial charge in [0.2, 0.25) is 5.69 Å². The maximum atomic E-state index is 12.3. The van der Waals surface area contributed by atoms with E-state index in [4.69, 9.17) is 19.5 Å². The number of nitrogens with zero attached hydrogens (tertiary/aromatic N) is 2. The number of allylic oxidation sites excluding steroid dienone is 4. The third-order valence-corrected chi connectivity index (χ3v) is 11.7. The molecule has 2 aliphatic heterocycles. The van der Waals surface area contributed by atoms with Gasteiger partial charge in [-0.3, -0.25) is 13.9 Å². The van der Waals surface area contributed by atoms with E-state index in [2.05, 4.69) is 36.5 Å². The number of benzene rings is 2. The first kappa shape index (κ1) is 45.6. The molecule has 2 aromatic carbocycles. The third-order valence-electron chi connectivity index (χ3n) is 9.99. The fourth-order valence-electron chi connectivity index (χ4n) is 7.19. The van der Waals surface area contributed by atoms with Crippen LogP contribution in [0, 0.1) is 0 Å². The van der Waals surface area contributed by atoms with E-state index < -0.39 is 43.3 Å². The highest BCUT2D eigenvalue weighted by molar-refractivity contribution is 7.86. The van der Waals surface area contributed by atoms with Gasteiger partial charge in [-0.15, -0.1) is 0 Å². The van der Waals surface area contributed by atoms with Gasteiger partial charge in [-0.2, -0.15) is 26.3 Å². The fourth-order valence-corrected chi connectivity index (χ4v) is 8.21. The molecule has 0 radical (unpaired) electrons. The second kappa shape index (κ2) is 19.6. The van der Waals surface area contributed by atoms with Gasteiger partial charge >= 0.3 is 5.97 Å². The van der Waals surface area contributed by atoms with Gasteiger partial charge in [0.15, 0.2) is 18.5 Å². The van der Waals surface area contributed by atoms with Crippen LogP contribution in [0.15, 0.2) is 83.0 Å². The van der Waals surface area contributed by atoms with Crippen LogP contribution in [-0.4, -0.2) is 87.5 Å². The molecule has 0 aliphatic carbocycles. The molecule has 0 saturated heterocycles. The van der Waals surface area contributed by atoms with Crippen LogP contribution in [0.2, 0.25) is 0 Å². The van der Waals surface area contributed by atoms with Crippen LogP contribution in [0.5, 0.6) is 0 Å². The van der Waals surface area contributed by atoms with E-state index in [1.165, 1.54) is 38.5 Å². The molecule has 0 bridgehead atoms. The van der Waals surface area contributed by atoms with Crippen LogP contribution in [-0.2, 0) is 75.3 Å². The van der Waals surface area contributed by atoms with Crippen molar-refractivity contribution in [2.24, 2.45) is 0 Å². The third kappa shape index (κ3) is 11.1. The molecule has 2 aliphatic rings. The van der Waals surface area contributed by atoms with Crippen molar-refractivity contribution in [3.8, 4) is 0 Å². The van der Waals surface area contributed by atoms with Crippen LogP contribution in [0.25, 0.3) is 0 Å². The second-order valence-corrected chi connectivity index (χ2v) is 16.7. The summed E-state index contributed by atoms with van der Waals surface area (Å²) in [4.78, 5) is 22.0. The van der Waals surface area contributed by atoms with Crippen molar-refractivity contribution in [2.45, 2.75) is 86.2 Å². The number of hydrogen-bond acceptors (Lipinski definition) is 14. The number of carbonyl (C=O) groups is 1. The smallest absolute Gasteiger partial charge is 0.303 e. The summed E-state index contributed by atoms with van der Waals surface area (Å²) in [6, 6.07) is 8.74. The molecular formula is C37H49N2O16S2+. The van der Waals surface area contributed by atoms with Crippen LogP contribution >= 0.6 is 0 Å². The van der Waals surface area contributed by atoms with E-state index in [1.807, 2.05) is 43.6 Å². The minimum absolute atomic E-state index is 0.0307. The van der Waals surface area contributed by atoms with Gasteiger partial charge < -0.3 is 24.4 Å². The molecule has 4 rings (SSSR count). The number of aliphatic carboxylic acids is 1. The molecule has 0 amide bonds. The Balaban J connectivity index is 1.80. The number of rotatable bonds is 24. The molecule has 0 fully saturated rings. The van der Waals surface area contributed by atoms with Crippen molar-refractivity contribution in [3.63, 3.8) is 0 Å². The molecule has 2 heterocycles. The topological polar surface area (TPSA) is 226 Å². The number of anilines is 1. The van der Waals surface area contributed by atoms with Gasteiger partial charge in [-0.25, -0.2) is 0 Å². The van der Waals surface area contributed by atoms with Crippen molar-refractivity contribution in [3.05, 3.63) is 84.3 Å². The molecular weight excluding hydrogens is 793 g/mol. The number of methoxy groups -OCH3 is 2. The first-order valence-electron chi connectivity index (χ1n) is 17.8. The number of unbranched alkanes of at least 4 members (excludes halogenated alkanes) is 2. The molecule has 0 aromatic heterocycles. The van der Waals surface area contributed by atoms with E-state index in [-0.39, 0.29) is 29.4 Å². The largest absolute Gasteiger partial charge is 0.481 e. The van der Waals surface area contributed by atoms with Gasteiger partial charge in [0.1, 0.15) is 12.9 Å². The van der Waals surface area contributed by atoms with Crippen LogP contribution in [0.4, 0.5) is 11.4 Å². The number of fused-ring (bicyclic) bond motifs is 2. The Hall–Kier alpha value is -4.06. The molecule has 18 nitrogen and oxygen atoms in total. The Morgan fingerprint density at radius 1 is 0.912 bits per heavy atom. The molecule has 1 atom stereocenters. The van der Waals surface area contributed by atoms with Crippen molar-refractivity contribution in [1.29, 1.82) is 0 Å². The van der Waals surface area contributed by atoms with E-state index in [0.717, 1.165) is 17.6 Å². The van der Waals surface area contributed by atoms with E-state index >= 15 is 0 Å². The molecule has 314 valence electrons. The quantitative estimate of drug-likeness (QED) is 0.0221. The second-order valence-electron chi connectivity index (χ2n) is 13.9. The van der Waals surface area contributed by atoms with E-state index in [9.17, 15) is 30.7 Å². The number of carboxylic acids is 1. The lowest BCUT2D eigenvalue weighted by molar-refractivity contribution is -0.752. The number of hydrogen-bond donors (Lipinski definition) is 3. The normalized spacial score (nSPS) is 18.5. The predicted octanol–water partition coefficient (Wildman–Crippen LogP) is 5.64. The van der Waals surface area contributed by atoms with Gasteiger partial charge in [0, 0.05) is 71.8 Å². The maximum absolute atomic E-state index is 12.3. The summed E-state index contributed by atoms with van der Waals surface area (Å²) in [6.07, 6.45) is 8.55. The Morgan fingerprint density at radius 3 is 2.19 bits per heavy atom. The monoisotopic (exact) mass is 841 g/mol. The van der Waals surface area contributed by atoms with Gasteiger partial charge in [0.05, 0.1) is 15.2 Å². The van der Waals surface area contributed by atoms with Crippen LogP contribution in [0.1, 0.15) is 70.4 Å². The highest BCUT2D eigenvalue weighted by atomic mass is 32.2. The molecule has 3 N–H and O–H groups in total. The van der Waals surface area contributed by atoms with Gasteiger partial charge in [-0.1, -0.05) is 19.1 Å². The summed E-state index contributed by atoms with van der Waals surface area (Å²) >= 11 is 0. The lowest BCUT2D eigenvalue weighted by Crippen LogP contribution is -2.31. The zero-order valence-corrected chi connectivity index (χ0v) is 33.9. The van der Waals surface area contributed by atoms with Gasteiger partial charge in [0.25, 0.3) is 20.2 Å². The minimum atomic E-state index is -4.55. The van der Waals surface area contributed by atoms with Gasteiger partial charge in [-0.05, 0) is 98.5 Å². The zero-order chi connectivity index (χ0) is 42.0. The molecule has 2 aromatic rings. The van der Waals surface area contributed by atoms with E-state index in [1.54, 1.807) is 12.1 Å². The summed E-state index contributed by atoms with van der Waals surface area (Å²) in [5.74, 6) is -0.883. The lowest BCUT2D eigenvalue weighted by Gasteiger charge is -2.31. The molecule has 20 heteroatoms. The molecule has 57 heavy (non-hydrogen) atoms. The van der Waals surface area contributed by atoms with Crippen molar-refractivity contribution >= 4 is 43.3 Å². The number of carboxylic acid groups (broad SMARTS) is 1.